The van der Waals surface area contributed by atoms with E-state index < -0.39 is 29.7 Å². The van der Waals surface area contributed by atoms with Crippen molar-refractivity contribution >= 4 is 25.5 Å². The zero-order valence-corrected chi connectivity index (χ0v) is 30.5. The maximum absolute atomic E-state index is 13.8. The average molecular weight is 663 g/mol. The molecule has 0 unspecified atom stereocenters. The Labute approximate surface area is 270 Å². The van der Waals surface area contributed by atoms with Crippen molar-refractivity contribution in [3.8, 4) is 0 Å². The smallest absolute Gasteiger partial charge is 0.350 e. The highest BCUT2D eigenvalue weighted by atomic mass is 31.2. The van der Waals surface area contributed by atoms with Crippen molar-refractivity contribution in [2.24, 2.45) is 0 Å². The van der Waals surface area contributed by atoms with E-state index in [4.69, 9.17) is 23.3 Å². The summed E-state index contributed by atoms with van der Waals surface area (Å²) in [5.41, 5.74) is -1.89. The third-order valence-electron chi connectivity index (χ3n) is 7.21. The van der Waals surface area contributed by atoms with E-state index in [1.54, 1.807) is 0 Å². The molecule has 2 fully saturated rings. The molecule has 0 N–H and O–H groups in total. The van der Waals surface area contributed by atoms with Crippen molar-refractivity contribution in [2.45, 2.75) is 98.2 Å². The topological polar surface area (TPSA) is 127 Å². The van der Waals surface area contributed by atoms with Crippen LogP contribution in [-0.4, -0.2) is 145 Å². The maximum atomic E-state index is 13.8. The summed E-state index contributed by atoms with van der Waals surface area (Å²) in [5.74, 6) is -1.04. The lowest BCUT2D eigenvalue weighted by molar-refractivity contribution is -0.158. The molecular formula is C31H59N4O9P. The first-order valence-electron chi connectivity index (χ1n) is 15.9. The average Bonchev–Trinajstić information content (AvgIpc) is 3.28. The fourth-order valence-corrected chi connectivity index (χ4v) is 6.95. The van der Waals surface area contributed by atoms with E-state index in [1.807, 2.05) is 90.9 Å². The molecule has 2 aliphatic rings. The Morgan fingerprint density at radius 1 is 0.533 bits per heavy atom. The van der Waals surface area contributed by atoms with Gasteiger partial charge < -0.3 is 23.3 Å². The second kappa shape index (κ2) is 16.0. The number of rotatable bonds is 8. The van der Waals surface area contributed by atoms with Gasteiger partial charge in [0, 0.05) is 52.4 Å². The Bertz CT molecular complexity index is 993. The van der Waals surface area contributed by atoms with Gasteiger partial charge in [-0.15, -0.1) is 0 Å². The fraction of sp³-hybridized carbons (Fsp3) is 0.903. The van der Waals surface area contributed by atoms with Gasteiger partial charge in [-0.1, -0.05) is 0 Å². The number of carbonyl (C=O) groups excluding carboxylic acids is 3. The van der Waals surface area contributed by atoms with Crippen LogP contribution in [0.25, 0.3) is 0 Å². The van der Waals surface area contributed by atoms with Crippen LogP contribution in [-0.2, 0) is 42.2 Å². The van der Waals surface area contributed by atoms with Gasteiger partial charge in [-0.25, -0.2) is 0 Å². The van der Waals surface area contributed by atoms with Gasteiger partial charge in [0.2, 0.25) is 0 Å². The van der Waals surface area contributed by atoms with Crippen LogP contribution in [0.5, 0.6) is 0 Å². The summed E-state index contributed by atoms with van der Waals surface area (Å²) in [6, 6.07) is 0. The zero-order chi connectivity index (χ0) is 34.3. The van der Waals surface area contributed by atoms with Crippen molar-refractivity contribution in [3.05, 3.63) is 0 Å². The number of ether oxygens (including phenoxy) is 3. The van der Waals surface area contributed by atoms with Crippen molar-refractivity contribution in [3.63, 3.8) is 0 Å². The molecule has 0 atom stereocenters. The lowest BCUT2D eigenvalue weighted by Gasteiger charge is -2.42. The molecule has 0 aromatic carbocycles. The van der Waals surface area contributed by atoms with E-state index in [9.17, 15) is 18.9 Å². The summed E-state index contributed by atoms with van der Waals surface area (Å²) in [5, 5.41) is -0.967. The summed E-state index contributed by atoms with van der Waals surface area (Å²) in [7, 11) is -3.47. The lowest BCUT2D eigenvalue weighted by Crippen LogP contribution is -2.53. The van der Waals surface area contributed by atoms with E-state index in [2.05, 4.69) is 4.90 Å². The third kappa shape index (κ3) is 14.4. The van der Waals surface area contributed by atoms with E-state index >= 15 is 0 Å². The molecule has 0 saturated carbocycles. The first-order valence-corrected chi connectivity index (χ1v) is 17.5. The van der Waals surface area contributed by atoms with Crippen LogP contribution in [0.4, 0.5) is 0 Å². The highest BCUT2D eigenvalue weighted by Crippen LogP contribution is 2.63. The molecule has 45 heavy (non-hydrogen) atoms. The van der Waals surface area contributed by atoms with Crippen molar-refractivity contribution < 1.29 is 42.2 Å². The fourth-order valence-electron chi connectivity index (χ4n) is 5.07. The summed E-state index contributed by atoms with van der Waals surface area (Å²) in [6.07, 6.45) is 0. The molecule has 13 nitrogen and oxygen atoms in total. The Kier molecular flexibility index (Phi) is 14.1. The van der Waals surface area contributed by atoms with Crippen LogP contribution in [0.1, 0.15) is 76.2 Å². The minimum absolute atomic E-state index is 0.0568. The van der Waals surface area contributed by atoms with Gasteiger partial charge in [-0.05, 0) is 76.2 Å². The number of hydrogen-bond acceptors (Lipinski definition) is 13. The van der Waals surface area contributed by atoms with Gasteiger partial charge in [-0.2, -0.15) is 0 Å². The number of esters is 3. The molecule has 262 valence electrons. The number of carbonyl (C=O) groups is 3. The predicted molar refractivity (Wildman–Crippen MR) is 172 cm³/mol. The molecule has 0 amide bonds. The van der Waals surface area contributed by atoms with Gasteiger partial charge in [0.15, 0.2) is 0 Å². The zero-order valence-electron chi connectivity index (χ0n) is 29.6. The lowest BCUT2D eigenvalue weighted by atomic mass is 10.2. The minimum atomic E-state index is -3.47. The van der Waals surface area contributed by atoms with Gasteiger partial charge in [0.05, 0.1) is 32.8 Å². The Morgan fingerprint density at radius 3 is 1.07 bits per heavy atom. The molecule has 2 saturated heterocycles. The van der Waals surface area contributed by atoms with Crippen LogP contribution < -0.4 is 0 Å². The Morgan fingerprint density at radius 2 is 0.800 bits per heavy atom. The summed E-state index contributed by atoms with van der Waals surface area (Å²) in [4.78, 5) is 46.7. The Balaban J connectivity index is 2.37. The molecule has 0 radical (unpaired) electrons. The van der Waals surface area contributed by atoms with Gasteiger partial charge >= 0.3 is 25.5 Å². The molecular weight excluding hydrogens is 603 g/mol. The monoisotopic (exact) mass is 662 g/mol. The van der Waals surface area contributed by atoms with Crippen LogP contribution >= 0.6 is 7.60 Å². The molecule has 0 aromatic heterocycles. The first kappa shape index (κ1) is 39.6. The van der Waals surface area contributed by atoms with E-state index in [0.29, 0.717) is 52.4 Å². The van der Waals surface area contributed by atoms with Gasteiger partial charge in [0.25, 0.3) is 0 Å². The highest BCUT2D eigenvalue weighted by molar-refractivity contribution is 7.55. The quantitative estimate of drug-likeness (QED) is 0.215. The molecule has 0 spiro atoms. The normalized spacial score (nSPS) is 21.0. The number of nitrogens with zero attached hydrogens (tertiary/aromatic N) is 4. The molecule has 0 aromatic rings. The molecule has 0 aliphatic carbocycles. The Hall–Kier alpha value is -1.60. The molecule has 14 heteroatoms. The molecule has 2 rings (SSSR count). The van der Waals surface area contributed by atoms with E-state index in [0.717, 1.165) is 0 Å². The van der Waals surface area contributed by atoms with E-state index in [-0.39, 0.29) is 50.8 Å². The van der Waals surface area contributed by atoms with Crippen LogP contribution in [0.2, 0.25) is 0 Å². The van der Waals surface area contributed by atoms with Crippen molar-refractivity contribution in [1.29, 1.82) is 0 Å². The first-order chi connectivity index (χ1) is 20.5. The van der Waals surface area contributed by atoms with Crippen molar-refractivity contribution in [1.82, 2.24) is 19.6 Å². The molecule has 0 bridgehead atoms. The summed E-state index contributed by atoms with van der Waals surface area (Å²) in [6.45, 7) is 24.5. The van der Waals surface area contributed by atoms with Crippen LogP contribution in [0.3, 0.4) is 0 Å². The number of hydrogen-bond donors (Lipinski definition) is 0. The van der Waals surface area contributed by atoms with Gasteiger partial charge in [0.1, 0.15) is 22.1 Å². The van der Waals surface area contributed by atoms with Crippen LogP contribution in [0, 0.1) is 0 Å². The standard InChI is InChI=1S/C31H59N4O9P/c1-28(2,3)42-25(36)22-32-12-14-33(23-26(37)43-29(4,5)6)16-18-35(31(10,11)45(39)40-20-21-41-45)19-17-34(15-13-32)24-27(38)44-30(7,8)9/h12-24H2,1-11H3. The molecule has 2 aliphatic heterocycles. The largest absolute Gasteiger partial charge is 0.459 e. The second-order valence-electron chi connectivity index (χ2n) is 15.2. The summed E-state index contributed by atoms with van der Waals surface area (Å²) >= 11 is 0. The van der Waals surface area contributed by atoms with Gasteiger partial charge in [-0.3, -0.25) is 38.5 Å². The second-order valence-corrected chi connectivity index (χ2v) is 17.8. The van der Waals surface area contributed by atoms with Crippen molar-refractivity contribution in [2.75, 3.05) is 85.2 Å². The molecule has 2 heterocycles. The van der Waals surface area contributed by atoms with Crippen LogP contribution in [0.15, 0.2) is 0 Å². The predicted octanol–water partition coefficient (Wildman–Crippen LogP) is 3.21. The highest BCUT2D eigenvalue weighted by Gasteiger charge is 2.50. The summed E-state index contributed by atoms with van der Waals surface area (Å²) < 4.78 is 42.0. The maximum Gasteiger partial charge on any atom is 0.350 e. The third-order valence-corrected chi connectivity index (χ3v) is 9.87. The SMILES string of the molecule is CC(C)(C)OC(=O)CN1CCN(CC(=O)OC(C)(C)C)CCN(C(C)(C)P2(=O)OCCO2)CCN(CC(=O)OC(C)(C)C)CC1. The van der Waals surface area contributed by atoms with E-state index in [1.165, 1.54) is 0 Å². The minimum Gasteiger partial charge on any atom is -0.459 e.